The number of hydrogen-bond acceptors (Lipinski definition) is 17. The normalized spacial score (nSPS) is 17.7. The monoisotopic (exact) mass is 1470 g/mol. The van der Waals surface area contributed by atoms with Crippen LogP contribution in [-0.2, 0) is 53.8 Å². The Balaban J connectivity index is -0.000000282. The number of benzene rings is 2. The lowest BCUT2D eigenvalue weighted by Gasteiger charge is -2.35. The van der Waals surface area contributed by atoms with Crippen molar-refractivity contribution in [2.45, 2.75) is 241 Å². The summed E-state index contributed by atoms with van der Waals surface area (Å²) >= 11 is 0. The third-order valence-corrected chi connectivity index (χ3v) is 14.6. The number of alkyl halides is 3. The maximum absolute atomic E-state index is 12.6. The van der Waals surface area contributed by atoms with Crippen molar-refractivity contribution in [2.75, 3.05) is 40.3 Å². The predicted molar refractivity (Wildman–Crippen MR) is 392 cm³/mol. The van der Waals surface area contributed by atoms with Gasteiger partial charge in [0, 0.05) is 23.9 Å². The van der Waals surface area contributed by atoms with Gasteiger partial charge in [0.1, 0.15) is 46.4 Å². The molecule has 2 heterocycles. The molecule has 6 atom stereocenters. The summed E-state index contributed by atoms with van der Waals surface area (Å²) < 4.78 is 58.4. The van der Waals surface area contributed by atoms with Crippen LogP contribution in [0.2, 0.25) is 0 Å². The highest BCUT2D eigenvalue weighted by Crippen LogP contribution is 2.39. The summed E-state index contributed by atoms with van der Waals surface area (Å²) in [7, 11) is 4.33. The predicted octanol–water partition coefficient (Wildman–Crippen LogP) is 13.1. The smallest absolute Gasteiger partial charge is 0.480 e. The van der Waals surface area contributed by atoms with Crippen LogP contribution < -0.4 is 25.8 Å². The maximum atomic E-state index is 12.6. The molecule has 2 aromatic carbocycles. The lowest BCUT2D eigenvalue weighted by atomic mass is 9.74. The number of hydrogen-bond donors (Lipinski definition) is 5. The lowest BCUT2D eigenvalue weighted by Crippen LogP contribution is -2.48. The molecule has 29 heteroatoms. The van der Waals surface area contributed by atoms with E-state index in [0.29, 0.717) is 11.5 Å². The topological polar surface area (TPSA) is 292 Å². The molecule has 0 aromatic heterocycles. The van der Waals surface area contributed by atoms with E-state index in [1.54, 1.807) is 81.4 Å². The second-order valence-electron chi connectivity index (χ2n) is 27.6. The summed E-state index contributed by atoms with van der Waals surface area (Å²) in [6.45, 7) is 39.5. The molecule has 0 spiro atoms. The van der Waals surface area contributed by atoms with Crippen molar-refractivity contribution in [2.24, 2.45) is 34.4 Å². The molecule has 2 aliphatic rings. The second kappa shape index (κ2) is 47.2. The van der Waals surface area contributed by atoms with Crippen molar-refractivity contribution >= 4 is 115 Å². The number of nitrogens with one attached hydrogen (secondary N) is 2. The highest BCUT2D eigenvalue weighted by atomic mass is 35.5. The Morgan fingerprint density at radius 2 is 0.927 bits per heavy atom. The minimum absolute atomic E-state index is 0. The molecule has 21 nitrogen and oxygen atoms in total. The molecule has 4 rings (SSSR count). The molecule has 0 saturated carbocycles. The summed E-state index contributed by atoms with van der Waals surface area (Å²) in [5.74, 6) is -4.45. The Kier molecular flexibility index (Phi) is 50.2. The number of aliphatic carboxylic acids is 2. The van der Waals surface area contributed by atoms with E-state index in [9.17, 15) is 51.8 Å². The molecule has 2 aromatic rings. The van der Waals surface area contributed by atoms with Crippen LogP contribution in [-0.4, -0.2) is 156 Å². The number of aliphatic imine (C=N–C) groups is 1. The minimum atomic E-state index is -5.08. The number of ether oxygens (including phenoxy) is 5. The lowest BCUT2D eigenvalue weighted by molar-refractivity contribution is -0.192. The molecular formula is C67H118ClF3N6O15S4. The van der Waals surface area contributed by atoms with Gasteiger partial charge in [-0.15, -0.1) is 12.4 Å². The van der Waals surface area contributed by atoms with Crippen LogP contribution in [0.1, 0.15) is 194 Å². The Hall–Kier alpha value is -4.93. The number of amides is 2. The number of nitrogens with zero attached hydrogens (tertiary/aromatic N) is 3. The average molecular weight is 1470 g/mol. The summed E-state index contributed by atoms with van der Waals surface area (Å²) in [6, 6.07) is 12.5. The third kappa shape index (κ3) is 40.2. The molecule has 2 unspecified atom stereocenters. The van der Waals surface area contributed by atoms with Crippen LogP contribution in [0.15, 0.2) is 53.5 Å². The summed E-state index contributed by atoms with van der Waals surface area (Å²) in [6.07, 6.45) is 3.97. The van der Waals surface area contributed by atoms with Gasteiger partial charge in [-0.3, -0.25) is 4.79 Å². The van der Waals surface area contributed by atoms with Gasteiger partial charge in [-0.1, -0.05) is 106 Å². The third-order valence-electron chi connectivity index (χ3n) is 14.6. The fourth-order valence-corrected chi connectivity index (χ4v) is 9.71. The number of carboxylic acids is 2. The first-order valence-corrected chi connectivity index (χ1v) is 31.3. The highest BCUT2D eigenvalue weighted by Gasteiger charge is 2.39. The molecular weight excluding hydrogens is 1350 g/mol. The number of likely N-dealkylation sites (tertiary alicyclic amines) is 2. The first-order chi connectivity index (χ1) is 41.7. The Labute approximate surface area is 603 Å². The first kappa shape index (κ1) is 102. The number of carbonyl (C=O) groups is 7. The zero-order valence-corrected chi connectivity index (χ0v) is 65.2. The Morgan fingerprint density at radius 3 is 1.22 bits per heavy atom. The van der Waals surface area contributed by atoms with Crippen LogP contribution in [0.3, 0.4) is 0 Å². The van der Waals surface area contributed by atoms with E-state index in [-0.39, 0.29) is 107 Å². The second-order valence-corrected chi connectivity index (χ2v) is 27.6. The summed E-state index contributed by atoms with van der Waals surface area (Å²) in [5, 5.41) is 21.5. The summed E-state index contributed by atoms with van der Waals surface area (Å²) in [4.78, 5) is 98.4. The molecule has 0 bridgehead atoms. The van der Waals surface area contributed by atoms with Gasteiger partial charge in [-0.2, -0.15) is 72.1 Å². The quantitative estimate of drug-likeness (QED) is 0.0425. The van der Waals surface area contributed by atoms with E-state index in [0.717, 1.165) is 51.9 Å². The Bertz CT molecular complexity index is 2690. The molecule has 2 saturated heterocycles. The van der Waals surface area contributed by atoms with E-state index in [2.05, 4.69) is 65.5 Å². The molecule has 558 valence electrons. The van der Waals surface area contributed by atoms with Crippen LogP contribution in [0.25, 0.3) is 0 Å². The van der Waals surface area contributed by atoms with E-state index in [1.807, 2.05) is 72.7 Å². The van der Waals surface area contributed by atoms with Crippen molar-refractivity contribution in [3.63, 3.8) is 0 Å². The minimum Gasteiger partial charge on any atom is -0.480 e. The molecule has 0 aliphatic carbocycles. The first-order valence-electron chi connectivity index (χ1n) is 31.3. The van der Waals surface area contributed by atoms with Crippen molar-refractivity contribution in [3.8, 4) is 11.5 Å². The van der Waals surface area contributed by atoms with Gasteiger partial charge in [0.15, 0.2) is 6.04 Å². The SMILES string of the molecule is CC(C)[C@H](N)C(=O)OC(C)(C)C.CC(C)[C@H](N=C=O)C(=O)OC(C)(C)C.CCC1(c2cccc(OC(=O)N[C@H](C(=O)O)C(C)C)c2)CCCCN(C)C1.CCC1(c2cccc(OC(=O)N[C@H](C(=O)OC(C)(C)C)C(C)C)c2)CCCCN(C)C1.Cl.O=C(O)C(F)(F)F.S.S.S.S. The number of nitrogens with two attached hydrogens (primary N) is 1. The van der Waals surface area contributed by atoms with E-state index in [1.165, 1.54) is 42.9 Å². The van der Waals surface area contributed by atoms with Crippen LogP contribution in [0, 0.1) is 23.7 Å². The van der Waals surface area contributed by atoms with Crippen molar-refractivity contribution in [1.82, 2.24) is 20.4 Å². The van der Waals surface area contributed by atoms with E-state index in [4.69, 9.17) is 39.3 Å². The highest BCUT2D eigenvalue weighted by molar-refractivity contribution is 7.59. The molecule has 2 amide bonds. The van der Waals surface area contributed by atoms with E-state index < -0.39 is 83.2 Å². The fourth-order valence-electron chi connectivity index (χ4n) is 9.71. The van der Waals surface area contributed by atoms with Gasteiger partial charge < -0.3 is 60.1 Å². The largest absolute Gasteiger partial charge is 0.490 e. The molecule has 96 heavy (non-hydrogen) atoms. The van der Waals surface area contributed by atoms with Crippen molar-refractivity contribution < 1.29 is 85.4 Å². The fraction of sp³-hybridized carbons (Fsp3) is 0.701. The number of rotatable bonds is 17. The van der Waals surface area contributed by atoms with Crippen molar-refractivity contribution in [3.05, 3.63) is 59.7 Å². The average Bonchev–Trinajstić information content (AvgIpc) is 1.31. The molecule has 2 aliphatic heterocycles. The number of halogens is 4. The standard InChI is InChI=1S/C25H40N2O4.C21H32N2O4.C10H17NO3.C9H19NO2.C2HF3O2.ClH.4H2S/c1-8-25(14-9-10-15-27(7)17-25)19-12-11-13-20(16-19)30-23(29)26-21(18(2)3)22(28)31-24(4,5)6;1-5-21(11-6-7-12-23(4)14-21)16-9-8-10-17(13-16)27-20(26)22-18(15(2)3)19(24)25;1-7(2)8(11-6-12)9(13)14-10(3,4)5;1-6(2)7(10)8(11)12-9(3,4)5;3-2(4,5)1(6)7;;;;;/h11-13,16,18,21H,8-10,14-15,17H2,1-7H3,(H,26,29);8-10,13,15,18H,5-7,11-12,14H2,1-4H3,(H,22,26)(H,24,25);7-8H,1-5H3;6-7H,10H2,1-5H3;(H,6,7);1H;4*1H2/t21-,25?;18-,21?;8-;7-;;;;;;/m0000....../s1. The van der Waals surface area contributed by atoms with Gasteiger partial charge >= 0.3 is 48.2 Å². The maximum Gasteiger partial charge on any atom is 0.490 e. The van der Waals surface area contributed by atoms with Crippen LogP contribution in [0.5, 0.6) is 11.5 Å². The van der Waals surface area contributed by atoms with E-state index >= 15 is 0 Å². The number of carboxylic acid groups (broad SMARTS) is 2. The Morgan fingerprint density at radius 1 is 0.583 bits per heavy atom. The van der Waals surface area contributed by atoms with Crippen LogP contribution in [0.4, 0.5) is 22.8 Å². The molecule has 2 fully saturated rings. The summed E-state index contributed by atoms with van der Waals surface area (Å²) in [5.41, 5.74) is 6.44. The number of carbonyl (C=O) groups excluding carboxylic acids is 6. The van der Waals surface area contributed by atoms with Gasteiger partial charge in [0.2, 0.25) is 6.08 Å². The molecule has 6 N–H and O–H groups in total. The van der Waals surface area contributed by atoms with Gasteiger partial charge in [-0.05, 0) is 187 Å². The number of likely N-dealkylation sites (N-methyl/N-ethyl adjacent to an activating group) is 2. The zero-order chi connectivity index (χ0) is 70.6. The number of isocyanates is 1. The van der Waals surface area contributed by atoms with Gasteiger partial charge in [-0.25, -0.2) is 33.6 Å². The molecule has 0 radical (unpaired) electrons. The van der Waals surface area contributed by atoms with Crippen LogP contribution >= 0.6 is 66.4 Å². The van der Waals surface area contributed by atoms with Gasteiger partial charge in [0.25, 0.3) is 0 Å². The van der Waals surface area contributed by atoms with Crippen molar-refractivity contribution in [1.29, 1.82) is 0 Å². The van der Waals surface area contributed by atoms with Gasteiger partial charge in [0.05, 0.1) is 0 Å². The number of esters is 3. The zero-order valence-electron chi connectivity index (χ0n) is 60.4.